The summed E-state index contributed by atoms with van der Waals surface area (Å²) in [5, 5.41) is 2.77. The van der Waals surface area contributed by atoms with Gasteiger partial charge in [0.25, 0.3) is 0 Å². The van der Waals surface area contributed by atoms with E-state index in [2.05, 4.69) is 27.9 Å². The quantitative estimate of drug-likeness (QED) is 0.867. The van der Waals surface area contributed by atoms with Crippen molar-refractivity contribution in [3.63, 3.8) is 0 Å². The van der Waals surface area contributed by atoms with E-state index in [0.29, 0.717) is 0 Å². The van der Waals surface area contributed by atoms with Crippen LogP contribution >= 0.6 is 22.6 Å². The summed E-state index contributed by atoms with van der Waals surface area (Å²) in [4.78, 5) is 11.4. The number of carbonyl (C=O) groups excluding carboxylic acids is 1. The standard InChI is InChI=1S/C11H14INO2/c1-8(2)15-7-11(14)13-10-5-3-4-9(12)6-10/h3-6,8H,7H2,1-2H3,(H,13,14). The van der Waals surface area contributed by atoms with Gasteiger partial charge in [-0.3, -0.25) is 4.79 Å². The smallest absolute Gasteiger partial charge is 0.250 e. The number of anilines is 1. The summed E-state index contributed by atoms with van der Waals surface area (Å²) in [6.07, 6.45) is 0.0756. The maximum absolute atomic E-state index is 11.4. The molecule has 1 amide bonds. The van der Waals surface area contributed by atoms with Gasteiger partial charge in [-0.2, -0.15) is 0 Å². The third kappa shape index (κ3) is 5.13. The third-order valence-corrected chi connectivity index (χ3v) is 2.33. The second-order valence-corrected chi connectivity index (χ2v) is 4.66. The largest absolute Gasteiger partial charge is 0.369 e. The molecular formula is C11H14INO2. The highest BCUT2D eigenvalue weighted by Gasteiger charge is 2.03. The summed E-state index contributed by atoms with van der Waals surface area (Å²) in [5.41, 5.74) is 0.805. The Balaban J connectivity index is 2.44. The van der Waals surface area contributed by atoms with E-state index in [4.69, 9.17) is 4.74 Å². The highest BCUT2D eigenvalue weighted by atomic mass is 127. The first-order valence-corrected chi connectivity index (χ1v) is 5.83. The lowest BCUT2D eigenvalue weighted by atomic mass is 10.3. The number of benzene rings is 1. The molecule has 4 heteroatoms. The lowest BCUT2D eigenvalue weighted by Gasteiger charge is -2.08. The molecule has 1 aromatic rings. The number of hydrogen-bond donors (Lipinski definition) is 1. The number of nitrogens with one attached hydrogen (secondary N) is 1. The van der Waals surface area contributed by atoms with Crippen molar-refractivity contribution in [1.29, 1.82) is 0 Å². The molecule has 82 valence electrons. The molecule has 0 aliphatic rings. The summed E-state index contributed by atoms with van der Waals surface area (Å²) < 4.78 is 6.28. The molecule has 0 unspecified atom stereocenters. The van der Waals surface area contributed by atoms with Gasteiger partial charge in [-0.05, 0) is 54.6 Å². The third-order valence-electron chi connectivity index (χ3n) is 1.66. The Morgan fingerprint density at radius 3 is 2.87 bits per heavy atom. The first-order chi connectivity index (χ1) is 7.08. The maximum atomic E-state index is 11.4. The molecule has 0 atom stereocenters. The molecule has 0 fully saturated rings. The van der Waals surface area contributed by atoms with Crippen molar-refractivity contribution in [2.45, 2.75) is 20.0 Å². The molecule has 1 N–H and O–H groups in total. The number of hydrogen-bond acceptors (Lipinski definition) is 2. The molecule has 0 radical (unpaired) electrons. The van der Waals surface area contributed by atoms with Crippen molar-refractivity contribution >= 4 is 34.2 Å². The van der Waals surface area contributed by atoms with Gasteiger partial charge in [0.05, 0.1) is 6.10 Å². The van der Waals surface area contributed by atoms with Crippen molar-refractivity contribution in [2.75, 3.05) is 11.9 Å². The molecule has 0 saturated carbocycles. The zero-order chi connectivity index (χ0) is 11.3. The Kier molecular flexibility index (Phi) is 5.04. The molecule has 0 heterocycles. The van der Waals surface area contributed by atoms with Crippen LogP contribution in [0.15, 0.2) is 24.3 Å². The van der Waals surface area contributed by atoms with E-state index in [1.54, 1.807) is 0 Å². The molecule has 3 nitrogen and oxygen atoms in total. The van der Waals surface area contributed by atoms with Crippen LogP contribution in [-0.4, -0.2) is 18.6 Å². The van der Waals surface area contributed by atoms with Gasteiger partial charge in [-0.25, -0.2) is 0 Å². The van der Waals surface area contributed by atoms with Gasteiger partial charge in [-0.15, -0.1) is 0 Å². The van der Waals surface area contributed by atoms with Crippen LogP contribution in [0.3, 0.4) is 0 Å². The number of carbonyl (C=O) groups is 1. The van der Waals surface area contributed by atoms with Crippen molar-refractivity contribution in [3.05, 3.63) is 27.8 Å². The predicted octanol–water partition coefficient (Wildman–Crippen LogP) is 2.65. The van der Waals surface area contributed by atoms with Crippen LogP contribution in [0.2, 0.25) is 0 Å². The summed E-state index contributed by atoms with van der Waals surface area (Å²) in [6, 6.07) is 7.64. The molecule has 0 aliphatic carbocycles. The van der Waals surface area contributed by atoms with Gasteiger partial charge in [0.2, 0.25) is 5.91 Å². The number of amides is 1. The Hall–Kier alpha value is -0.620. The van der Waals surface area contributed by atoms with Crippen molar-refractivity contribution < 1.29 is 9.53 Å². The molecule has 0 aliphatic heterocycles. The first-order valence-electron chi connectivity index (χ1n) is 4.75. The average Bonchev–Trinajstić information content (AvgIpc) is 2.15. The minimum absolute atomic E-state index is 0.0756. The van der Waals surface area contributed by atoms with Crippen LogP contribution in [0.5, 0.6) is 0 Å². The summed E-state index contributed by atoms with van der Waals surface area (Å²) in [7, 11) is 0. The van der Waals surface area contributed by atoms with Gasteiger partial charge < -0.3 is 10.1 Å². The Labute approximate surface area is 103 Å². The minimum Gasteiger partial charge on any atom is -0.369 e. The van der Waals surface area contributed by atoms with Crippen LogP contribution in [0.4, 0.5) is 5.69 Å². The predicted molar refractivity (Wildman–Crippen MR) is 68.9 cm³/mol. The SMILES string of the molecule is CC(C)OCC(=O)Nc1cccc(I)c1. The fourth-order valence-electron chi connectivity index (χ4n) is 1.01. The van der Waals surface area contributed by atoms with Gasteiger partial charge in [0, 0.05) is 9.26 Å². The fourth-order valence-corrected chi connectivity index (χ4v) is 1.55. The number of ether oxygens (including phenoxy) is 1. The molecule has 1 rings (SSSR count). The zero-order valence-electron chi connectivity index (χ0n) is 8.79. The maximum Gasteiger partial charge on any atom is 0.250 e. The second kappa shape index (κ2) is 6.07. The lowest BCUT2D eigenvalue weighted by molar-refractivity contribution is -0.121. The van der Waals surface area contributed by atoms with E-state index in [1.165, 1.54) is 0 Å². The summed E-state index contributed by atoms with van der Waals surface area (Å²) >= 11 is 2.20. The topological polar surface area (TPSA) is 38.3 Å². The summed E-state index contributed by atoms with van der Waals surface area (Å²) in [5.74, 6) is -0.120. The van der Waals surface area contributed by atoms with Crippen LogP contribution in [0, 0.1) is 3.57 Å². The Bertz CT molecular complexity index is 339. The van der Waals surface area contributed by atoms with Gasteiger partial charge in [0.15, 0.2) is 0 Å². The van der Waals surface area contributed by atoms with E-state index in [0.717, 1.165) is 9.26 Å². The van der Waals surface area contributed by atoms with E-state index < -0.39 is 0 Å². The molecule has 1 aromatic carbocycles. The number of rotatable bonds is 4. The number of halogens is 1. The van der Waals surface area contributed by atoms with Gasteiger partial charge in [-0.1, -0.05) is 6.07 Å². The first kappa shape index (κ1) is 12.4. The fraction of sp³-hybridized carbons (Fsp3) is 0.364. The summed E-state index contributed by atoms with van der Waals surface area (Å²) in [6.45, 7) is 3.90. The lowest BCUT2D eigenvalue weighted by Crippen LogP contribution is -2.20. The van der Waals surface area contributed by atoms with Crippen LogP contribution in [0.1, 0.15) is 13.8 Å². The molecule has 15 heavy (non-hydrogen) atoms. The van der Waals surface area contributed by atoms with Crippen molar-refractivity contribution in [2.24, 2.45) is 0 Å². The highest BCUT2D eigenvalue weighted by Crippen LogP contribution is 2.12. The van der Waals surface area contributed by atoms with Gasteiger partial charge >= 0.3 is 0 Å². The van der Waals surface area contributed by atoms with E-state index in [1.807, 2.05) is 38.1 Å². The van der Waals surface area contributed by atoms with Crippen LogP contribution in [0.25, 0.3) is 0 Å². The average molecular weight is 319 g/mol. The highest BCUT2D eigenvalue weighted by molar-refractivity contribution is 14.1. The molecule has 0 saturated heterocycles. The molecule has 0 aromatic heterocycles. The minimum atomic E-state index is -0.120. The molecule has 0 spiro atoms. The van der Waals surface area contributed by atoms with E-state index >= 15 is 0 Å². The van der Waals surface area contributed by atoms with E-state index in [9.17, 15) is 4.79 Å². The molecule has 0 bridgehead atoms. The van der Waals surface area contributed by atoms with Crippen molar-refractivity contribution in [3.8, 4) is 0 Å². The zero-order valence-corrected chi connectivity index (χ0v) is 10.9. The van der Waals surface area contributed by atoms with Crippen LogP contribution in [-0.2, 0) is 9.53 Å². The van der Waals surface area contributed by atoms with Crippen molar-refractivity contribution in [1.82, 2.24) is 0 Å². The normalized spacial score (nSPS) is 10.4. The molecular weight excluding hydrogens is 305 g/mol. The van der Waals surface area contributed by atoms with E-state index in [-0.39, 0.29) is 18.6 Å². The van der Waals surface area contributed by atoms with Crippen LogP contribution < -0.4 is 5.32 Å². The Morgan fingerprint density at radius 1 is 1.53 bits per heavy atom. The second-order valence-electron chi connectivity index (χ2n) is 3.42. The monoisotopic (exact) mass is 319 g/mol. The Morgan fingerprint density at radius 2 is 2.27 bits per heavy atom. The van der Waals surface area contributed by atoms with Gasteiger partial charge in [0.1, 0.15) is 6.61 Å².